The van der Waals surface area contributed by atoms with Crippen molar-refractivity contribution < 1.29 is 14.2 Å². The van der Waals surface area contributed by atoms with Crippen LogP contribution in [-0.4, -0.2) is 22.6 Å². The van der Waals surface area contributed by atoms with Crippen LogP contribution >= 0.6 is 0 Å². The Kier molecular flexibility index (Phi) is 8.91. The number of anilines is 3. The molecule has 0 unspecified atom stereocenters. The molecular weight excluding hydrogens is 952 g/mol. The lowest BCUT2D eigenvalue weighted by atomic mass is 9.34. The Morgan fingerprint density at radius 3 is 1.42 bits per heavy atom. The second kappa shape index (κ2) is 15.9. The number of hydrogen-bond donors (Lipinski definition) is 0. The minimum Gasteiger partial charge on any atom is -0.458 e. The molecule has 0 radical (unpaired) electrons. The Morgan fingerprint density at radius 1 is 0.346 bits per heavy atom. The topological polar surface area (TPSA) is 40.8 Å². The molecule has 366 valence electrons. The number of aromatic nitrogens is 2. The summed E-state index contributed by atoms with van der Waals surface area (Å²) < 4.78 is 26.6. The molecule has 0 amide bonds. The molecule has 6 heterocycles. The van der Waals surface area contributed by atoms with Gasteiger partial charge < -0.3 is 28.2 Å². The molecule has 0 spiro atoms. The zero-order chi connectivity index (χ0) is 51.5. The molecule has 0 fully saturated rings. The van der Waals surface area contributed by atoms with E-state index in [2.05, 4.69) is 265 Å². The Balaban J connectivity index is 0.949. The zero-order valence-corrected chi connectivity index (χ0v) is 43.2. The monoisotopic (exact) mass is 999 g/mol. The Morgan fingerprint density at radius 2 is 0.821 bits per heavy atom. The number of fused-ring (bicyclic) bond motifs is 14. The molecule has 17 rings (SSSR count). The third-order valence-corrected chi connectivity index (χ3v) is 17.0. The van der Waals surface area contributed by atoms with Gasteiger partial charge in [0, 0.05) is 67.1 Å². The van der Waals surface area contributed by atoms with Crippen molar-refractivity contribution in [3.63, 3.8) is 0 Å². The maximum absolute atomic E-state index is 7.54. The fourth-order valence-corrected chi connectivity index (χ4v) is 13.8. The molecule has 2 aromatic heterocycles. The summed E-state index contributed by atoms with van der Waals surface area (Å²) in [5.41, 5.74) is 19.6. The van der Waals surface area contributed by atoms with E-state index in [0.29, 0.717) is 0 Å². The zero-order valence-electron chi connectivity index (χ0n) is 43.2. The van der Waals surface area contributed by atoms with Gasteiger partial charge in [0.1, 0.15) is 34.5 Å². The number of benzene rings is 11. The molecule has 0 aliphatic carbocycles. The molecule has 4 aliphatic rings. The molecule has 78 heavy (non-hydrogen) atoms. The summed E-state index contributed by atoms with van der Waals surface area (Å²) in [7, 11) is 0. The Bertz CT molecular complexity index is 4620. The van der Waals surface area contributed by atoms with Gasteiger partial charge in [-0.05, 0) is 129 Å². The van der Waals surface area contributed by atoms with Crippen molar-refractivity contribution in [2.75, 3.05) is 4.90 Å². The van der Waals surface area contributed by atoms with Crippen LogP contribution in [0.25, 0.3) is 66.1 Å². The summed E-state index contributed by atoms with van der Waals surface area (Å²) in [5.74, 6) is 5.05. The van der Waals surface area contributed by atoms with Crippen LogP contribution in [0.2, 0.25) is 0 Å². The van der Waals surface area contributed by atoms with Crippen LogP contribution in [0.15, 0.2) is 231 Å². The van der Waals surface area contributed by atoms with Gasteiger partial charge in [-0.1, -0.05) is 160 Å². The summed E-state index contributed by atoms with van der Waals surface area (Å²) in [6.45, 7) is 6.69. The van der Waals surface area contributed by atoms with Crippen LogP contribution in [0.5, 0.6) is 34.5 Å². The third kappa shape index (κ3) is 6.05. The highest BCUT2D eigenvalue weighted by molar-refractivity contribution is 6.99. The predicted molar refractivity (Wildman–Crippen MR) is 323 cm³/mol. The molecule has 6 nitrogen and oxygen atoms in total. The van der Waals surface area contributed by atoms with Crippen molar-refractivity contribution in [2.45, 2.75) is 26.2 Å². The average molecular weight is 1000 g/mol. The molecule has 8 heteroatoms. The third-order valence-electron chi connectivity index (χ3n) is 17.0. The van der Waals surface area contributed by atoms with E-state index in [9.17, 15) is 0 Å². The van der Waals surface area contributed by atoms with Crippen molar-refractivity contribution >= 4 is 107 Å². The van der Waals surface area contributed by atoms with Gasteiger partial charge in [0.25, 0.3) is 13.4 Å². The van der Waals surface area contributed by atoms with Crippen molar-refractivity contribution in [3.8, 4) is 57.0 Å². The standard InChI is InChI=1S/C70H47B2N3O3/c1-70(2,3)66-50(41-65-68-69(66)78-62-32-18-12-26-53(62)72(68)52-25-11-17-31-61(52)76-65)42-37-60-67-64(38-42)77-63-40-45(75-57-29-15-9-23-48(57)49-24-10-16-30-58(49)75)34-36-54(63)71(67)51-35-33-44(39-59(51)73(60)43-19-5-4-6-20-43)74-55-27-13-7-21-46(55)47-22-8-14-28-56(47)74/h4-41H,1-3H3. The first kappa shape index (κ1) is 43.6. The highest BCUT2D eigenvalue weighted by Crippen LogP contribution is 2.50. The van der Waals surface area contributed by atoms with Gasteiger partial charge in [-0.3, -0.25) is 0 Å². The Hall–Kier alpha value is -9.65. The molecular formula is C70H47B2N3O3. The van der Waals surface area contributed by atoms with E-state index in [-0.39, 0.29) is 18.8 Å². The van der Waals surface area contributed by atoms with Crippen LogP contribution in [0.4, 0.5) is 17.1 Å². The highest BCUT2D eigenvalue weighted by atomic mass is 16.5. The fourth-order valence-electron chi connectivity index (χ4n) is 13.8. The fraction of sp³-hybridized carbons (Fsp3) is 0.0571. The van der Waals surface area contributed by atoms with Crippen LogP contribution in [0, 0.1) is 0 Å². The second-order valence-corrected chi connectivity index (χ2v) is 22.3. The van der Waals surface area contributed by atoms with Crippen LogP contribution < -0.4 is 51.9 Å². The minimum absolute atomic E-state index is 0.0529. The van der Waals surface area contributed by atoms with Gasteiger partial charge in [-0.15, -0.1) is 0 Å². The first-order valence-electron chi connectivity index (χ1n) is 27.1. The first-order valence-corrected chi connectivity index (χ1v) is 27.1. The maximum atomic E-state index is 7.54. The molecule has 0 bridgehead atoms. The van der Waals surface area contributed by atoms with Gasteiger partial charge in [-0.2, -0.15) is 0 Å². The van der Waals surface area contributed by atoms with Crippen molar-refractivity contribution in [1.29, 1.82) is 0 Å². The molecule has 0 N–H and O–H groups in total. The molecule has 13 aromatic rings. The lowest BCUT2D eigenvalue weighted by Gasteiger charge is -2.41. The highest BCUT2D eigenvalue weighted by Gasteiger charge is 2.46. The summed E-state index contributed by atoms with van der Waals surface area (Å²) in [4.78, 5) is 2.47. The van der Waals surface area contributed by atoms with Crippen molar-refractivity contribution in [2.24, 2.45) is 0 Å². The maximum Gasteiger partial charge on any atom is 0.260 e. The summed E-state index contributed by atoms with van der Waals surface area (Å²) in [5, 5.41) is 4.90. The summed E-state index contributed by atoms with van der Waals surface area (Å²) in [6.07, 6.45) is 0. The molecule has 0 atom stereocenters. The number of hydrogen-bond acceptors (Lipinski definition) is 4. The van der Waals surface area contributed by atoms with E-state index in [1.807, 2.05) is 0 Å². The van der Waals surface area contributed by atoms with Gasteiger partial charge >= 0.3 is 0 Å². The number of para-hydroxylation sites is 7. The van der Waals surface area contributed by atoms with E-state index >= 15 is 0 Å². The minimum atomic E-state index is -0.364. The smallest absolute Gasteiger partial charge is 0.260 e. The normalized spacial score (nSPS) is 13.6. The van der Waals surface area contributed by atoms with Crippen molar-refractivity contribution in [3.05, 3.63) is 236 Å². The van der Waals surface area contributed by atoms with E-state index in [0.717, 1.165) is 118 Å². The Labute approximate surface area is 452 Å². The quantitative estimate of drug-likeness (QED) is 0.165. The predicted octanol–water partition coefficient (Wildman–Crippen LogP) is 14.0. The average Bonchev–Trinajstić information content (AvgIpc) is 4.13. The van der Waals surface area contributed by atoms with E-state index in [1.54, 1.807) is 0 Å². The number of ether oxygens (including phenoxy) is 3. The van der Waals surface area contributed by atoms with Gasteiger partial charge in [0.05, 0.1) is 22.1 Å². The largest absolute Gasteiger partial charge is 0.458 e. The van der Waals surface area contributed by atoms with Crippen LogP contribution in [-0.2, 0) is 5.41 Å². The van der Waals surface area contributed by atoms with E-state index in [4.69, 9.17) is 14.2 Å². The number of rotatable bonds is 4. The summed E-state index contributed by atoms with van der Waals surface area (Å²) in [6, 6.07) is 83.7. The summed E-state index contributed by atoms with van der Waals surface area (Å²) >= 11 is 0. The van der Waals surface area contributed by atoms with E-state index in [1.165, 1.54) is 38.0 Å². The molecule has 0 saturated carbocycles. The molecule has 0 saturated heterocycles. The van der Waals surface area contributed by atoms with Gasteiger partial charge in [0.15, 0.2) is 0 Å². The van der Waals surface area contributed by atoms with Crippen LogP contribution in [0.3, 0.4) is 0 Å². The molecule has 11 aromatic carbocycles. The molecule has 4 aliphatic heterocycles. The first-order chi connectivity index (χ1) is 38.3. The lowest BCUT2D eigenvalue weighted by molar-refractivity contribution is 0.446. The van der Waals surface area contributed by atoms with E-state index < -0.39 is 0 Å². The van der Waals surface area contributed by atoms with Crippen molar-refractivity contribution in [1.82, 2.24) is 9.13 Å². The van der Waals surface area contributed by atoms with Gasteiger partial charge in [-0.25, -0.2) is 0 Å². The SMILES string of the molecule is CC(C)(C)c1c(-c2cc3c4c(c2)N(c2ccccc2)c2cc(-n5c6ccccc6c6ccccc65)ccc2B4c2ccc(-n4c5ccccc5c5ccccc54)cc2O3)cc2c3c1Oc1ccccc1B3c1ccccc1O2. The van der Waals surface area contributed by atoms with Crippen LogP contribution in [0.1, 0.15) is 26.3 Å². The lowest BCUT2D eigenvalue weighted by Crippen LogP contribution is -2.59. The second-order valence-electron chi connectivity index (χ2n) is 22.3. The number of nitrogens with zero attached hydrogens (tertiary/aromatic N) is 3. The van der Waals surface area contributed by atoms with Gasteiger partial charge in [0.2, 0.25) is 0 Å².